The number of benzene rings is 1. The van der Waals surface area contributed by atoms with E-state index in [0.717, 1.165) is 10.4 Å². The molecule has 1 aromatic heterocycles. The lowest BCUT2D eigenvalue weighted by Gasteiger charge is -2.10. The van der Waals surface area contributed by atoms with Gasteiger partial charge in [-0.1, -0.05) is 19.1 Å². The Morgan fingerprint density at radius 2 is 2.05 bits per heavy atom. The van der Waals surface area contributed by atoms with Crippen molar-refractivity contribution in [2.75, 3.05) is 10.6 Å². The summed E-state index contributed by atoms with van der Waals surface area (Å²) in [5, 5.41) is 7.57. The number of thiophene rings is 1. The van der Waals surface area contributed by atoms with Crippen LogP contribution in [0.4, 0.5) is 11.4 Å². The average molecular weight is 314 g/mol. The number of carbonyl (C=O) groups excluding carboxylic acids is 2. The third-order valence-corrected chi connectivity index (χ3v) is 3.88. The van der Waals surface area contributed by atoms with Gasteiger partial charge in [-0.25, -0.2) is 0 Å². The molecule has 5 heteroatoms. The van der Waals surface area contributed by atoms with Crippen LogP contribution in [0.2, 0.25) is 0 Å². The number of hydrogen-bond acceptors (Lipinski definition) is 3. The van der Waals surface area contributed by atoms with Crippen molar-refractivity contribution in [1.29, 1.82) is 0 Å². The molecule has 0 aliphatic carbocycles. The van der Waals surface area contributed by atoms with E-state index in [1.165, 1.54) is 6.08 Å². The Kier molecular flexibility index (Phi) is 5.49. The van der Waals surface area contributed by atoms with Crippen molar-refractivity contribution in [2.45, 2.75) is 20.3 Å². The second-order valence-corrected chi connectivity index (χ2v) is 5.75. The van der Waals surface area contributed by atoms with Crippen LogP contribution in [-0.4, -0.2) is 11.8 Å². The second kappa shape index (κ2) is 7.56. The van der Waals surface area contributed by atoms with Gasteiger partial charge in [0.05, 0.1) is 0 Å². The molecule has 0 saturated carbocycles. The maximum atomic E-state index is 11.9. The summed E-state index contributed by atoms with van der Waals surface area (Å²) < 4.78 is 0. The van der Waals surface area contributed by atoms with Crippen LogP contribution >= 0.6 is 11.3 Å². The summed E-state index contributed by atoms with van der Waals surface area (Å²) in [5.74, 6) is -0.255. The number of aryl methyl sites for hydroxylation is 1. The fourth-order valence-electron chi connectivity index (χ4n) is 1.80. The Bertz CT molecular complexity index is 691. The topological polar surface area (TPSA) is 58.2 Å². The van der Waals surface area contributed by atoms with Crippen molar-refractivity contribution >= 4 is 40.6 Å². The molecule has 1 aromatic carbocycles. The van der Waals surface area contributed by atoms with Crippen molar-refractivity contribution in [2.24, 2.45) is 0 Å². The minimum absolute atomic E-state index is 0.0517. The summed E-state index contributed by atoms with van der Waals surface area (Å²) in [7, 11) is 0. The van der Waals surface area contributed by atoms with Gasteiger partial charge in [0, 0.05) is 28.7 Å². The van der Waals surface area contributed by atoms with Crippen LogP contribution in [0.1, 0.15) is 23.8 Å². The molecule has 2 amide bonds. The van der Waals surface area contributed by atoms with Gasteiger partial charge in [-0.3, -0.25) is 9.59 Å². The summed E-state index contributed by atoms with van der Waals surface area (Å²) in [6, 6.07) is 9.32. The maximum Gasteiger partial charge on any atom is 0.248 e. The minimum Gasteiger partial charge on any atom is -0.326 e. The Labute approximate surface area is 133 Å². The highest BCUT2D eigenvalue weighted by Crippen LogP contribution is 2.20. The second-order valence-electron chi connectivity index (χ2n) is 4.77. The fraction of sp³-hybridized carbons (Fsp3) is 0.176. The zero-order valence-electron chi connectivity index (χ0n) is 12.6. The van der Waals surface area contributed by atoms with E-state index in [9.17, 15) is 9.59 Å². The standard InChI is InChI=1S/C17H18N2O2S/c1-3-16(20)19-15-11-13(7-6-12(15)2)18-17(21)9-8-14-5-4-10-22-14/h4-11H,3H2,1-2H3,(H,18,21)(H,19,20)/b9-8+. The lowest BCUT2D eigenvalue weighted by atomic mass is 10.1. The minimum atomic E-state index is -0.204. The van der Waals surface area contributed by atoms with Gasteiger partial charge >= 0.3 is 0 Å². The molecule has 0 aliphatic heterocycles. The summed E-state index contributed by atoms with van der Waals surface area (Å²) >= 11 is 1.57. The lowest BCUT2D eigenvalue weighted by Crippen LogP contribution is -2.12. The van der Waals surface area contributed by atoms with Crippen LogP contribution in [0.3, 0.4) is 0 Å². The normalized spacial score (nSPS) is 10.6. The zero-order chi connectivity index (χ0) is 15.9. The molecule has 4 nitrogen and oxygen atoms in total. The van der Waals surface area contributed by atoms with Crippen LogP contribution in [0.5, 0.6) is 0 Å². The molecule has 22 heavy (non-hydrogen) atoms. The summed E-state index contributed by atoms with van der Waals surface area (Å²) in [6.45, 7) is 3.71. The molecule has 2 N–H and O–H groups in total. The van der Waals surface area contributed by atoms with Gasteiger partial charge in [0.2, 0.25) is 11.8 Å². The summed E-state index contributed by atoms with van der Waals surface area (Å²) in [5.41, 5.74) is 2.32. The Hall–Kier alpha value is -2.40. The van der Waals surface area contributed by atoms with Gasteiger partial charge < -0.3 is 10.6 Å². The molecule has 0 unspecified atom stereocenters. The van der Waals surface area contributed by atoms with Crippen molar-refractivity contribution in [1.82, 2.24) is 0 Å². The van der Waals surface area contributed by atoms with E-state index in [1.54, 1.807) is 30.4 Å². The van der Waals surface area contributed by atoms with E-state index in [1.807, 2.05) is 36.6 Å². The van der Waals surface area contributed by atoms with Gasteiger partial charge in [-0.05, 0) is 42.1 Å². The highest BCUT2D eigenvalue weighted by atomic mass is 32.1. The predicted molar refractivity (Wildman–Crippen MR) is 92.1 cm³/mol. The highest BCUT2D eigenvalue weighted by Gasteiger charge is 2.05. The molecule has 0 bridgehead atoms. The van der Waals surface area contributed by atoms with E-state index in [0.29, 0.717) is 17.8 Å². The third kappa shape index (κ3) is 4.56. The first-order valence-corrected chi connectivity index (χ1v) is 7.89. The first kappa shape index (κ1) is 16.0. The van der Waals surface area contributed by atoms with Gasteiger partial charge in [0.25, 0.3) is 0 Å². The predicted octanol–water partition coefficient (Wildman–Crippen LogP) is 4.06. The first-order valence-electron chi connectivity index (χ1n) is 7.01. The van der Waals surface area contributed by atoms with E-state index in [4.69, 9.17) is 0 Å². The van der Waals surface area contributed by atoms with E-state index in [-0.39, 0.29) is 11.8 Å². The number of rotatable bonds is 5. The third-order valence-electron chi connectivity index (χ3n) is 3.04. The lowest BCUT2D eigenvalue weighted by molar-refractivity contribution is -0.116. The van der Waals surface area contributed by atoms with E-state index in [2.05, 4.69) is 10.6 Å². The number of anilines is 2. The number of hydrogen-bond donors (Lipinski definition) is 2. The van der Waals surface area contributed by atoms with Gasteiger partial charge in [0.1, 0.15) is 0 Å². The number of amides is 2. The number of carbonyl (C=O) groups is 2. The van der Waals surface area contributed by atoms with E-state index < -0.39 is 0 Å². The van der Waals surface area contributed by atoms with Gasteiger partial charge in [-0.2, -0.15) is 0 Å². The van der Waals surface area contributed by atoms with E-state index >= 15 is 0 Å². The molecule has 2 aromatic rings. The fourth-order valence-corrected chi connectivity index (χ4v) is 2.42. The molecule has 0 spiro atoms. The van der Waals surface area contributed by atoms with Crippen LogP contribution < -0.4 is 10.6 Å². The Morgan fingerprint density at radius 1 is 1.23 bits per heavy atom. The van der Waals surface area contributed by atoms with Gasteiger partial charge in [0.15, 0.2) is 0 Å². The quantitative estimate of drug-likeness (QED) is 0.818. The molecule has 0 atom stereocenters. The summed E-state index contributed by atoms with van der Waals surface area (Å²) in [4.78, 5) is 24.4. The van der Waals surface area contributed by atoms with Crippen LogP contribution in [0, 0.1) is 6.92 Å². The number of nitrogens with one attached hydrogen (secondary N) is 2. The molecule has 1 heterocycles. The zero-order valence-corrected chi connectivity index (χ0v) is 13.4. The van der Waals surface area contributed by atoms with Crippen molar-refractivity contribution in [3.05, 3.63) is 52.2 Å². The molecule has 0 radical (unpaired) electrons. The molecule has 0 fully saturated rings. The van der Waals surface area contributed by atoms with Gasteiger partial charge in [-0.15, -0.1) is 11.3 Å². The molecule has 0 saturated heterocycles. The molecular formula is C17H18N2O2S. The monoisotopic (exact) mass is 314 g/mol. The molecule has 114 valence electrons. The smallest absolute Gasteiger partial charge is 0.248 e. The largest absolute Gasteiger partial charge is 0.326 e. The molecule has 0 aliphatic rings. The highest BCUT2D eigenvalue weighted by molar-refractivity contribution is 7.10. The van der Waals surface area contributed by atoms with Crippen LogP contribution in [-0.2, 0) is 9.59 Å². The molecule has 2 rings (SSSR count). The Morgan fingerprint density at radius 3 is 2.73 bits per heavy atom. The van der Waals surface area contributed by atoms with Crippen molar-refractivity contribution in [3.63, 3.8) is 0 Å². The first-order chi connectivity index (χ1) is 10.6. The van der Waals surface area contributed by atoms with Crippen molar-refractivity contribution < 1.29 is 9.59 Å². The maximum absolute atomic E-state index is 11.9. The van der Waals surface area contributed by atoms with Crippen molar-refractivity contribution in [3.8, 4) is 0 Å². The van der Waals surface area contributed by atoms with Crippen LogP contribution in [0.25, 0.3) is 6.08 Å². The summed E-state index contributed by atoms with van der Waals surface area (Å²) in [6.07, 6.45) is 3.68. The SMILES string of the molecule is CCC(=O)Nc1cc(NC(=O)/C=C/c2cccs2)ccc1C. The Balaban J connectivity index is 2.04. The van der Waals surface area contributed by atoms with Crippen LogP contribution in [0.15, 0.2) is 41.8 Å². The average Bonchev–Trinajstić information content (AvgIpc) is 3.02. The molecular weight excluding hydrogens is 296 g/mol.